The van der Waals surface area contributed by atoms with Crippen molar-refractivity contribution in [1.29, 1.82) is 0 Å². The minimum Gasteiger partial charge on any atom is -0.453 e. The highest BCUT2D eigenvalue weighted by atomic mass is 16.5. The van der Waals surface area contributed by atoms with Gasteiger partial charge < -0.3 is 14.6 Å². The lowest BCUT2D eigenvalue weighted by Gasteiger charge is -2.17. The van der Waals surface area contributed by atoms with Crippen LogP contribution in [0.1, 0.15) is 17.1 Å². The molecule has 6 heteroatoms. The van der Waals surface area contributed by atoms with E-state index in [0.717, 1.165) is 5.69 Å². The summed E-state index contributed by atoms with van der Waals surface area (Å²) in [5.41, 5.74) is 1.37. The largest absolute Gasteiger partial charge is 0.453 e. The summed E-state index contributed by atoms with van der Waals surface area (Å²) >= 11 is 0. The maximum atomic E-state index is 11.8. The summed E-state index contributed by atoms with van der Waals surface area (Å²) in [6, 6.07) is 0. The van der Waals surface area contributed by atoms with Crippen LogP contribution < -0.4 is 5.56 Å². The minimum atomic E-state index is -0.356. The molecule has 1 N–H and O–H groups in total. The quantitative estimate of drug-likeness (QED) is 0.701. The Hall–Kier alpha value is -1.85. The van der Waals surface area contributed by atoms with Gasteiger partial charge in [-0.1, -0.05) is 0 Å². The van der Waals surface area contributed by atoms with E-state index in [1.807, 2.05) is 0 Å². The van der Waals surface area contributed by atoms with Crippen LogP contribution in [0, 0.1) is 6.92 Å². The molecule has 2 heterocycles. The van der Waals surface area contributed by atoms with E-state index in [1.165, 1.54) is 7.11 Å². The molecule has 0 radical (unpaired) electrons. The van der Waals surface area contributed by atoms with Crippen molar-refractivity contribution in [2.24, 2.45) is 0 Å². The number of rotatable bonds is 0. The van der Waals surface area contributed by atoms with Crippen molar-refractivity contribution in [2.75, 3.05) is 20.2 Å². The van der Waals surface area contributed by atoms with Gasteiger partial charge in [-0.25, -0.2) is 9.78 Å². The van der Waals surface area contributed by atoms with Crippen LogP contribution in [0.15, 0.2) is 4.79 Å². The molecule has 6 nitrogen and oxygen atoms in total. The maximum absolute atomic E-state index is 11.8. The van der Waals surface area contributed by atoms with E-state index in [1.54, 1.807) is 11.8 Å². The van der Waals surface area contributed by atoms with Gasteiger partial charge >= 0.3 is 6.09 Å². The van der Waals surface area contributed by atoms with E-state index < -0.39 is 0 Å². The highest BCUT2D eigenvalue weighted by Crippen LogP contribution is 2.10. The number of aromatic nitrogens is 2. The number of hydrogen-bond acceptors (Lipinski definition) is 4. The third-order valence-electron chi connectivity index (χ3n) is 2.90. The molecule has 0 spiro atoms. The number of nitrogens with zero attached hydrogens (tertiary/aromatic N) is 2. The van der Waals surface area contributed by atoms with Crippen molar-refractivity contribution < 1.29 is 9.53 Å². The van der Waals surface area contributed by atoms with Crippen molar-refractivity contribution in [3.8, 4) is 0 Å². The summed E-state index contributed by atoms with van der Waals surface area (Å²) < 4.78 is 4.68. The fourth-order valence-electron chi connectivity index (χ4n) is 2.04. The molecule has 92 valence electrons. The van der Waals surface area contributed by atoms with Gasteiger partial charge in [0.05, 0.1) is 12.8 Å². The Morgan fingerprint density at radius 1 is 1.41 bits per heavy atom. The zero-order chi connectivity index (χ0) is 12.4. The number of hydrogen-bond donors (Lipinski definition) is 1. The molecule has 1 aliphatic heterocycles. The molecule has 2 rings (SSSR count). The lowest BCUT2D eigenvalue weighted by atomic mass is 10.1. The number of ether oxygens (including phenoxy) is 1. The Labute approximate surface area is 98.6 Å². The van der Waals surface area contributed by atoms with Gasteiger partial charge in [-0.05, 0) is 13.3 Å². The van der Waals surface area contributed by atoms with Crippen LogP contribution in [-0.4, -0.2) is 41.2 Å². The molecule has 0 bridgehead atoms. The fourth-order valence-corrected chi connectivity index (χ4v) is 2.04. The highest BCUT2D eigenvalue weighted by molar-refractivity contribution is 5.67. The predicted octanol–water partition coefficient (Wildman–Crippen LogP) is 0.245. The fraction of sp³-hybridized carbons (Fsp3) is 0.545. The molecule has 0 aliphatic carbocycles. The molecule has 1 amide bonds. The zero-order valence-electron chi connectivity index (χ0n) is 9.95. The van der Waals surface area contributed by atoms with Crippen LogP contribution in [0.25, 0.3) is 0 Å². The first-order valence-corrected chi connectivity index (χ1v) is 5.53. The van der Waals surface area contributed by atoms with Crippen molar-refractivity contribution in [3.05, 3.63) is 27.4 Å². The smallest absolute Gasteiger partial charge is 0.409 e. The number of carbonyl (C=O) groups excluding carboxylic acids is 1. The first-order valence-electron chi connectivity index (χ1n) is 5.53. The number of amides is 1. The molecular weight excluding hydrogens is 222 g/mol. The van der Waals surface area contributed by atoms with Crippen LogP contribution in [0.2, 0.25) is 0 Å². The van der Waals surface area contributed by atoms with Gasteiger partial charge in [0.2, 0.25) is 0 Å². The van der Waals surface area contributed by atoms with Crippen molar-refractivity contribution in [3.63, 3.8) is 0 Å². The van der Waals surface area contributed by atoms with E-state index in [0.29, 0.717) is 37.3 Å². The van der Waals surface area contributed by atoms with Crippen LogP contribution >= 0.6 is 0 Å². The van der Waals surface area contributed by atoms with E-state index in [2.05, 4.69) is 14.7 Å². The van der Waals surface area contributed by atoms with Gasteiger partial charge in [-0.3, -0.25) is 4.79 Å². The van der Waals surface area contributed by atoms with E-state index in [9.17, 15) is 9.59 Å². The first-order chi connectivity index (χ1) is 8.11. The lowest BCUT2D eigenvalue weighted by Crippen LogP contribution is -2.33. The Morgan fingerprint density at radius 3 is 2.82 bits per heavy atom. The van der Waals surface area contributed by atoms with Gasteiger partial charge in [0.25, 0.3) is 5.56 Å². The van der Waals surface area contributed by atoms with Crippen LogP contribution in [0.3, 0.4) is 0 Å². The third-order valence-corrected chi connectivity index (χ3v) is 2.90. The van der Waals surface area contributed by atoms with Crippen LogP contribution in [-0.2, 0) is 17.6 Å². The number of nitrogens with one attached hydrogen (secondary N) is 1. The summed E-state index contributed by atoms with van der Waals surface area (Å²) in [5.74, 6) is 0.611. The van der Waals surface area contributed by atoms with Crippen molar-refractivity contribution >= 4 is 6.09 Å². The summed E-state index contributed by atoms with van der Waals surface area (Å²) in [6.07, 6.45) is 0.758. The number of carbonyl (C=O) groups is 1. The molecule has 0 saturated heterocycles. The molecule has 0 aromatic carbocycles. The molecule has 0 atom stereocenters. The standard InChI is InChI=1S/C11H15N3O3/c1-7-12-9-4-6-14(11(16)17-2)5-3-8(9)10(15)13-7/h3-6H2,1-2H3,(H,12,13,15). The number of aryl methyl sites for hydroxylation is 1. The van der Waals surface area contributed by atoms with Crippen molar-refractivity contribution in [2.45, 2.75) is 19.8 Å². The Morgan fingerprint density at radius 2 is 2.12 bits per heavy atom. The van der Waals surface area contributed by atoms with E-state index in [4.69, 9.17) is 0 Å². The second-order valence-corrected chi connectivity index (χ2v) is 4.03. The Kier molecular flexibility index (Phi) is 3.12. The zero-order valence-corrected chi connectivity index (χ0v) is 9.95. The monoisotopic (exact) mass is 237 g/mol. The Bertz CT molecular complexity index is 495. The minimum absolute atomic E-state index is 0.0979. The molecule has 1 aromatic heterocycles. The summed E-state index contributed by atoms with van der Waals surface area (Å²) in [6.45, 7) is 2.79. The SMILES string of the molecule is COC(=O)N1CCc2nc(C)[nH]c(=O)c2CC1. The van der Waals surface area contributed by atoms with Crippen LogP contribution in [0.5, 0.6) is 0 Å². The van der Waals surface area contributed by atoms with E-state index in [-0.39, 0.29) is 11.7 Å². The summed E-state index contributed by atoms with van der Waals surface area (Å²) in [4.78, 5) is 31.8. The van der Waals surface area contributed by atoms with Gasteiger partial charge in [0.1, 0.15) is 5.82 Å². The van der Waals surface area contributed by atoms with Crippen LogP contribution in [0.4, 0.5) is 4.79 Å². The highest BCUT2D eigenvalue weighted by Gasteiger charge is 2.21. The summed E-state index contributed by atoms with van der Waals surface area (Å²) in [7, 11) is 1.36. The van der Waals surface area contributed by atoms with Gasteiger partial charge in [-0.2, -0.15) is 0 Å². The molecule has 17 heavy (non-hydrogen) atoms. The number of aromatic amines is 1. The average Bonchev–Trinajstić information content (AvgIpc) is 2.50. The molecule has 1 aliphatic rings. The number of fused-ring (bicyclic) bond motifs is 1. The third kappa shape index (κ3) is 2.30. The molecule has 0 saturated carbocycles. The second-order valence-electron chi connectivity index (χ2n) is 4.03. The van der Waals surface area contributed by atoms with Crippen molar-refractivity contribution in [1.82, 2.24) is 14.9 Å². The summed E-state index contributed by atoms with van der Waals surface area (Å²) in [5, 5.41) is 0. The molecule has 1 aromatic rings. The second kappa shape index (κ2) is 4.57. The lowest BCUT2D eigenvalue weighted by molar-refractivity contribution is 0.125. The normalized spacial score (nSPS) is 15.1. The van der Waals surface area contributed by atoms with E-state index >= 15 is 0 Å². The average molecular weight is 237 g/mol. The van der Waals surface area contributed by atoms with Gasteiger partial charge in [-0.15, -0.1) is 0 Å². The molecule has 0 fully saturated rings. The van der Waals surface area contributed by atoms with Gasteiger partial charge in [0, 0.05) is 25.1 Å². The number of methoxy groups -OCH3 is 1. The number of H-pyrrole nitrogens is 1. The molecular formula is C11H15N3O3. The molecule has 0 unspecified atom stereocenters. The topological polar surface area (TPSA) is 75.3 Å². The first kappa shape index (κ1) is 11.6. The predicted molar refractivity (Wildman–Crippen MR) is 61.0 cm³/mol. The van der Waals surface area contributed by atoms with Gasteiger partial charge in [0.15, 0.2) is 0 Å². The Balaban J connectivity index is 2.27. The maximum Gasteiger partial charge on any atom is 0.409 e.